The second-order valence-corrected chi connectivity index (χ2v) is 18.5. The van der Waals surface area contributed by atoms with Gasteiger partial charge in [0.05, 0.1) is 30.2 Å². The van der Waals surface area contributed by atoms with E-state index < -0.39 is 5.92 Å². The molecular weight excluding hydrogens is 773 g/mol. The number of esters is 2. The van der Waals surface area contributed by atoms with Gasteiger partial charge in [-0.05, 0) is 120 Å². The molecular formula is C48H70N6O7. The van der Waals surface area contributed by atoms with Crippen LogP contribution in [0.25, 0.3) is 10.9 Å². The summed E-state index contributed by atoms with van der Waals surface area (Å²) < 4.78 is 12.7. The minimum absolute atomic E-state index is 0.00593. The van der Waals surface area contributed by atoms with Crippen LogP contribution in [0.1, 0.15) is 103 Å². The highest BCUT2D eigenvalue weighted by Gasteiger charge is 2.35. The number of nitrogens with zero attached hydrogens (tertiary/aromatic N) is 6. The average molecular weight is 843 g/mol. The molecule has 0 radical (unpaired) electrons. The fourth-order valence-electron chi connectivity index (χ4n) is 9.41. The van der Waals surface area contributed by atoms with Crippen LogP contribution in [-0.4, -0.2) is 131 Å². The molecule has 0 bridgehead atoms. The van der Waals surface area contributed by atoms with Gasteiger partial charge in [0.25, 0.3) is 0 Å². The molecule has 0 N–H and O–H groups in total. The molecule has 3 fully saturated rings. The third-order valence-electron chi connectivity index (χ3n) is 13.7. The Kier molecular flexibility index (Phi) is 16.4. The Labute approximate surface area is 362 Å². The number of allylic oxidation sites excluding steroid dienone is 4. The summed E-state index contributed by atoms with van der Waals surface area (Å²) in [6.45, 7) is 16.6. The van der Waals surface area contributed by atoms with Crippen LogP contribution in [0.2, 0.25) is 0 Å². The number of amides is 2. The lowest BCUT2D eigenvalue weighted by Gasteiger charge is -2.43. The van der Waals surface area contributed by atoms with Gasteiger partial charge in [0.15, 0.2) is 12.5 Å². The van der Waals surface area contributed by atoms with Crippen molar-refractivity contribution in [2.24, 2.45) is 23.7 Å². The van der Waals surface area contributed by atoms with Gasteiger partial charge >= 0.3 is 11.9 Å². The van der Waals surface area contributed by atoms with Crippen molar-refractivity contribution in [2.45, 2.75) is 118 Å². The Morgan fingerprint density at radius 1 is 0.836 bits per heavy atom. The number of hydrogen-bond donors (Lipinski definition) is 0. The molecule has 3 saturated heterocycles. The summed E-state index contributed by atoms with van der Waals surface area (Å²) in [5, 5.41) is 5.43. The quantitative estimate of drug-likeness (QED) is 0.136. The number of unbranched alkanes of at least 4 members (excludes halogenated alkanes) is 2. The molecule has 334 valence electrons. The number of benzene rings is 1. The smallest absolute Gasteiger partial charge is 0.308 e. The standard InChI is InChI=1S/C48H70N6O7/c1-33(2)36(5)48(59)60-25-9-7-8-10-45(57)61-32-54-46-35(4)27-37(29-40(46)31-49-54)28-39(47(58)53-23-21-51(22-24-53)41-15-17-50(6)18-16-41)30-44(56)52-19-13-38(14-20-52)42-12-11-34(3)26-43(42)55/h11-12,27,29,31,33,36,38-39,41H,7-10,13-26,28,30,32H2,1-6H3/t36-,39-/m0/s1. The van der Waals surface area contributed by atoms with E-state index in [1.165, 1.54) is 0 Å². The van der Waals surface area contributed by atoms with E-state index >= 15 is 0 Å². The summed E-state index contributed by atoms with van der Waals surface area (Å²) in [5.74, 6) is -0.515. The summed E-state index contributed by atoms with van der Waals surface area (Å²) >= 11 is 0. The molecule has 13 heteroatoms. The fraction of sp³-hybridized carbons (Fsp3) is 0.667. The Morgan fingerprint density at radius 2 is 1.56 bits per heavy atom. The number of fused-ring (bicyclic) bond motifs is 1. The molecule has 1 aromatic carbocycles. The molecule has 1 aromatic heterocycles. The molecule has 6 rings (SSSR count). The summed E-state index contributed by atoms with van der Waals surface area (Å²) in [7, 11) is 2.18. The van der Waals surface area contributed by atoms with Crippen molar-refractivity contribution < 1.29 is 33.4 Å². The largest absolute Gasteiger partial charge is 0.465 e. The molecule has 2 amide bonds. The summed E-state index contributed by atoms with van der Waals surface area (Å²) in [6.07, 6.45) is 13.0. The number of aryl methyl sites for hydroxylation is 1. The maximum atomic E-state index is 14.5. The van der Waals surface area contributed by atoms with Crippen molar-refractivity contribution in [2.75, 3.05) is 66.0 Å². The van der Waals surface area contributed by atoms with Crippen LogP contribution in [0.15, 0.2) is 41.6 Å². The van der Waals surface area contributed by atoms with Crippen LogP contribution < -0.4 is 0 Å². The molecule has 2 aromatic rings. The first-order chi connectivity index (χ1) is 29.3. The van der Waals surface area contributed by atoms with Crippen LogP contribution in [0, 0.1) is 30.6 Å². The number of rotatable bonds is 17. The van der Waals surface area contributed by atoms with Gasteiger partial charge in [-0.3, -0.25) is 28.9 Å². The van der Waals surface area contributed by atoms with Gasteiger partial charge in [0.1, 0.15) is 0 Å². The lowest BCUT2D eigenvalue weighted by Crippen LogP contribution is -2.55. The van der Waals surface area contributed by atoms with Gasteiger partial charge in [0.2, 0.25) is 11.8 Å². The van der Waals surface area contributed by atoms with E-state index in [1.807, 2.05) is 62.6 Å². The van der Waals surface area contributed by atoms with E-state index in [2.05, 4.69) is 28.0 Å². The normalized spacial score (nSPS) is 19.8. The molecule has 4 heterocycles. The predicted molar refractivity (Wildman–Crippen MR) is 235 cm³/mol. The van der Waals surface area contributed by atoms with Crippen LogP contribution >= 0.6 is 0 Å². The maximum absolute atomic E-state index is 14.5. The zero-order valence-electron chi connectivity index (χ0n) is 37.7. The van der Waals surface area contributed by atoms with Crippen molar-refractivity contribution in [3.63, 3.8) is 0 Å². The first kappa shape index (κ1) is 46.2. The van der Waals surface area contributed by atoms with Gasteiger partial charge < -0.3 is 24.2 Å². The van der Waals surface area contributed by atoms with Gasteiger partial charge in [-0.1, -0.05) is 44.6 Å². The van der Waals surface area contributed by atoms with E-state index in [-0.39, 0.29) is 66.9 Å². The van der Waals surface area contributed by atoms with Gasteiger partial charge in [-0.25, -0.2) is 4.68 Å². The van der Waals surface area contributed by atoms with Crippen molar-refractivity contribution in [3.05, 3.63) is 52.8 Å². The number of piperazine rings is 1. The molecule has 3 aliphatic heterocycles. The number of carbonyl (C=O) groups is 5. The summed E-state index contributed by atoms with van der Waals surface area (Å²) in [6, 6.07) is 4.67. The van der Waals surface area contributed by atoms with E-state index in [4.69, 9.17) is 9.47 Å². The predicted octanol–water partition coefficient (Wildman–Crippen LogP) is 6.11. The van der Waals surface area contributed by atoms with Crippen molar-refractivity contribution in [3.8, 4) is 0 Å². The van der Waals surface area contributed by atoms with E-state index in [0.717, 1.165) is 91.5 Å². The van der Waals surface area contributed by atoms with Crippen molar-refractivity contribution in [1.29, 1.82) is 0 Å². The fourth-order valence-corrected chi connectivity index (χ4v) is 9.41. The Bertz CT molecular complexity index is 1930. The lowest BCUT2D eigenvalue weighted by molar-refractivity contribution is -0.150. The molecule has 0 saturated carbocycles. The van der Waals surface area contributed by atoms with Crippen LogP contribution in [-0.2, 0) is 46.6 Å². The second kappa shape index (κ2) is 21.6. The first-order valence-electron chi connectivity index (χ1n) is 22.9. The van der Waals surface area contributed by atoms with Crippen LogP contribution in [0.4, 0.5) is 0 Å². The third kappa shape index (κ3) is 12.4. The van der Waals surface area contributed by atoms with Gasteiger partial charge in [-0.2, -0.15) is 5.10 Å². The maximum Gasteiger partial charge on any atom is 0.308 e. The van der Waals surface area contributed by atoms with Crippen LogP contribution in [0.5, 0.6) is 0 Å². The number of likely N-dealkylation sites (tertiary alicyclic amines) is 2. The first-order valence-corrected chi connectivity index (χ1v) is 22.9. The Morgan fingerprint density at radius 3 is 2.25 bits per heavy atom. The second-order valence-electron chi connectivity index (χ2n) is 18.5. The number of carbonyl (C=O) groups excluding carboxylic acids is 5. The van der Waals surface area contributed by atoms with E-state index in [0.29, 0.717) is 64.5 Å². The summed E-state index contributed by atoms with van der Waals surface area (Å²) in [5.41, 5.74) is 4.74. The molecule has 2 atom stereocenters. The Hall–Kier alpha value is -4.36. The van der Waals surface area contributed by atoms with Crippen LogP contribution in [0.3, 0.4) is 0 Å². The van der Waals surface area contributed by atoms with Crippen molar-refractivity contribution >= 4 is 40.4 Å². The number of Topliss-reactive ketones (excluding diaryl/α,β-unsaturated/α-hetero) is 1. The third-order valence-corrected chi connectivity index (χ3v) is 13.7. The molecule has 13 nitrogen and oxygen atoms in total. The average Bonchev–Trinajstić information content (AvgIpc) is 3.67. The molecule has 4 aliphatic rings. The lowest BCUT2D eigenvalue weighted by atomic mass is 9.82. The minimum Gasteiger partial charge on any atom is -0.465 e. The minimum atomic E-state index is -0.514. The highest BCUT2D eigenvalue weighted by Crippen LogP contribution is 2.31. The number of ketones is 1. The monoisotopic (exact) mass is 843 g/mol. The number of piperidine rings is 2. The number of hydrogen-bond acceptors (Lipinski definition) is 10. The molecule has 0 unspecified atom stereocenters. The van der Waals surface area contributed by atoms with Gasteiger partial charge in [0, 0.05) is 70.0 Å². The molecule has 1 aliphatic carbocycles. The highest BCUT2D eigenvalue weighted by atomic mass is 16.5. The zero-order chi connectivity index (χ0) is 43.6. The van der Waals surface area contributed by atoms with E-state index in [1.54, 1.807) is 10.9 Å². The van der Waals surface area contributed by atoms with Crippen molar-refractivity contribution in [1.82, 2.24) is 29.4 Å². The Balaban J connectivity index is 1.06. The topological polar surface area (TPSA) is 135 Å². The van der Waals surface area contributed by atoms with E-state index in [9.17, 15) is 24.0 Å². The van der Waals surface area contributed by atoms with Gasteiger partial charge in [-0.15, -0.1) is 0 Å². The molecule has 0 spiro atoms. The SMILES string of the molecule is CC1=CC=C(C2CCN(C(=O)C[C@H](Cc3cc(C)c4c(cnn4COC(=O)CCCCCOC(=O)[C@@H](C)C(C)C)c3)C(=O)N3CCN(C4CCN(C)CC4)CC3)CC2)C(=O)C1. The highest BCUT2D eigenvalue weighted by molar-refractivity contribution is 5.99. The molecule has 61 heavy (non-hydrogen) atoms. The number of ether oxygens (including phenoxy) is 2. The zero-order valence-corrected chi connectivity index (χ0v) is 37.7. The number of aromatic nitrogens is 2. The summed E-state index contributed by atoms with van der Waals surface area (Å²) in [4.78, 5) is 74.8.